The van der Waals surface area contributed by atoms with Crippen LogP contribution >= 0.6 is 11.3 Å². The van der Waals surface area contributed by atoms with Crippen molar-refractivity contribution in [3.8, 4) is 10.4 Å². The van der Waals surface area contributed by atoms with E-state index in [0.29, 0.717) is 30.6 Å². The van der Waals surface area contributed by atoms with Gasteiger partial charge < -0.3 is 10.6 Å². The van der Waals surface area contributed by atoms with Crippen molar-refractivity contribution in [3.05, 3.63) is 83.3 Å². The molecular weight excluding hydrogens is 409 g/mol. The monoisotopic (exact) mass is 431 g/mol. The SMILES string of the molecule is Nc1ccc(Cc2ccnc3cc(-c4ccc(CN5CCCC5=O)cc4)sc23)c(F)c1. The Morgan fingerprint density at radius 1 is 1.06 bits per heavy atom. The third-order valence-electron chi connectivity index (χ3n) is 5.73. The van der Waals surface area contributed by atoms with Gasteiger partial charge >= 0.3 is 0 Å². The Hall–Kier alpha value is -3.25. The van der Waals surface area contributed by atoms with Gasteiger partial charge in [-0.2, -0.15) is 0 Å². The molecule has 0 atom stereocenters. The number of benzene rings is 2. The zero-order valence-corrected chi connectivity index (χ0v) is 17.8. The van der Waals surface area contributed by atoms with Gasteiger partial charge in [0.25, 0.3) is 0 Å². The molecule has 2 aromatic carbocycles. The number of nitrogens with two attached hydrogens (primary N) is 1. The molecule has 1 fully saturated rings. The van der Waals surface area contributed by atoms with Gasteiger partial charge in [-0.3, -0.25) is 9.78 Å². The van der Waals surface area contributed by atoms with Crippen molar-refractivity contribution in [3.63, 3.8) is 0 Å². The second kappa shape index (κ2) is 8.12. The van der Waals surface area contributed by atoms with Gasteiger partial charge in [0, 0.05) is 42.7 Å². The van der Waals surface area contributed by atoms with Crippen LogP contribution in [0, 0.1) is 5.82 Å². The molecule has 0 aliphatic carbocycles. The van der Waals surface area contributed by atoms with Gasteiger partial charge in [0.2, 0.25) is 5.91 Å². The van der Waals surface area contributed by atoms with E-state index in [0.717, 1.165) is 44.7 Å². The molecule has 4 nitrogen and oxygen atoms in total. The molecule has 1 aliphatic heterocycles. The lowest BCUT2D eigenvalue weighted by molar-refractivity contribution is -0.128. The first-order valence-corrected chi connectivity index (χ1v) is 11.2. The maximum atomic E-state index is 14.3. The van der Waals surface area contributed by atoms with Gasteiger partial charge in [-0.15, -0.1) is 11.3 Å². The predicted octanol–water partition coefficient (Wildman–Crippen LogP) is 5.40. The van der Waals surface area contributed by atoms with Crippen LogP contribution in [0.25, 0.3) is 20.7 Å². The number of nitrogens with zero attached hydrogens (tertiary/aromatic N) is 2. The van der Waals surface area contributed by atoms with Crippen molar-refractivity contribution in [2.24, 2.45) is 0 Å². The second-order valence-corrected chi connectivity index (χ2v) is 8.99. The molecule has 5 rings (SSSR count). The first-order chi connectivity index (χ1) is 15.1. The fourth-order valence-corrected chi connectivity index (χ4v) is 5.18. The van der Waals surface area contributed by atoms with E-state index in [4.69, 9.17) is 5.73 Å². The lowest BCUT2D eigenvalue weighted by atomic mass is 10.0. The predicted molar refractivity (Wildman–Crippen MR) is 123 cm³/mol. The number of aromatic nitrogens is 1. The summed E-state index contributed by atoms with van der Waals surface area (Å²) in [4.78, 5) is 19.4. The van der Waals surface area contributed by atoms with Crippen molar-refractivity contribution < 1.29 is 9.18 Å². The van der Waals surface area contributed by atoms with Gasteiger partial charge in [-0.25, -0.2) is 4.39 Å². The molecule has 1 saturated heterocycles. The summed E-state index contributed by atoms with van der Waals surface area (Å²) < 4.78 is 15.4. The summed E-state index contributed by atoms with van der Waals surface area (Å²) in [5.41, 5.74) is 10.9. The first kappa shape index (κ1) is 19.7. The quantitative estimate of drug-likeness (QED) is 0.431. The minimum Gasteiger partial charge on any atom is -0.399 e. The van der Waals surface area contributed by atoms with E-state index >= 15 is 0 Å². The van der Waals surface area contributed by atoms with Gasteiger partial charge in [0.05, 0.1) is 10.2 Å². The zero-order chi connectivity index (χ0) is 21.4. The van der Waals surface area contributed by atoms with Crippen LogP contribution in [0.5, 0.6) is 0 Å². The number of halogens is 1. The van der Waals surface area contributed by atoms with Crippen molar-refractivity contribution in [2.75, 3.05) is 12.3 Å². The summed E-state index contributed by atoms with van der Waals surface area (Å²) in [6, 6.07) is 17.2. The lowest BCUT2D eigenvalue weighted by Gasteiger charge is -2.15. The Morgan fingerprint density at radius 2 is 1.90 bits per heavy atom. The molecule has 0 unspecified atom stereocenters. The summed E-state index contributed by atoms with van der Waals surface area (Å²) >= 11 is 1.67. The molecular formula is C25H22FN3OS. The van der Waals surface area contributed by atoms with E-state index in [1.807, 2.05) is 11.0 Å². The standard InChI is InChI=1S/C25H22FN3OS/c26-21-13-20(27)8-7-18(21)12-19-9-10-28-22-14-23(31-25(19)22)17-5-3-16(4-6-17)15-29-11-1-2-24(29)30/h3-10,13-14H,1-2,11-12,15,27H2. The van der Waals surface area contributed by atoms with Crippen LogP contribution in [0.2, 0.25) is 0 Å². The number of fused-ring (bicyclic) bond motifs is 1. The first-order valence-electron chi connectivity index (χ1n) is 10.4. The fourth-order valence-electron chi connectivity index (χ4n) is 4.05. The maximum absolute atomic E-state index is 14.3. The molecule has 156 valence electrons. The van der Waals surface area contributed by atoms with Crippen molar-refractivity contribution in [2.45, 2.75) is 25.8 Å². The minimum atomic E-state index is -0.284. The van der Waals surface area contributed by atoms with Crippen molar-refractivity contribution in [1.82, 2.24) is 9.88 Å². The Kier molecular flexibility index (Phi) is 5.16. The molecule has 1 amide bonds. The number of amides is 1. The highest BCUT2D eigenvalue weighted by Gasteiger charge is 2.20. The minimum absolute atomic E-state index is 0.240. The lowest BCUT2D eigenvalue weighted by Crippen LogP contribution is -2.23. The summed E-state index contributed by atoms with van der Waals surface area (Å²) in [5, 5.41) is 0. The van der Waals surface area contributed by atoms with Gasteiger partial charge in [0.1, 0.15) is 5.82 Å². The number of hydrogen-bond acceptors (Lipinski definition) is 4. The molecule has 31 heavy (non-hydrogen) atoms. The Morgan fingerprint density at radius 3 is 2.65 bits per heavy atom. The summed E-state index contributed by atoms with van der Waals surface area (Å²) in [7, 11) is 0. The van der Waals surface area contributed by atoms with E-state index < -0.39 is 0 Å². The maximum Gasteiger partial charge on any atom is 0.222 e. The van der Waals surface area contributed by atoms with E-state index in [2.05, 4.69) is 35.3 Å². The normalized spacial score (nSPS) is 14.0. The summed E-state index contributed by atoms with van der Waals surface area (Å²) in [6.45, 7) is 1.52. The molecule has 4 aromatic rings. The molecule has 2 aromatic heterocycles. The van der Waals surface area contributed by atoms with Crippen molar-refractivity contribution >= 4 is 33.1 Å². The zero-order valence-electron chi connectivity index (χ0n) is 17.0. The summed E-state index contributed by atoms with van der Waals surface area (Å²) in [5.74, 6) is -0.0430. The smallest absolute Gasteiger partial charge is 0.222 e. The van der Waals surface area contributed by atoms with E-state index in [1.165, 1.54) is 6.07 Å². The van der Waals surface area contributed by atoms with Crippen LogP contribution < -0.4 is 5.73 Å². The largest absolute Gasteiger partial charge is 0.399 e. The van der Waals surface area contributed by atoms with Crippen LogP contribution in [0.3, 0.4) is 0 Å². The van der Waals surface area contributed by atoms with Crippen LogP contribution in [-0.4, -0.2) is 22.3 Å². The van der Waals surface area contributed by atoms with Gasteiger partial charge in [-0.1, -0.05) is 30.3 Å². The molecule has 0 spiro atoms. The number of hydrogen-bond donors (Lipinski definition) is 1. The molecule has 3 heterocycles. The number of rotatable bonds is 5. The number of thiophene rings is 1. The van der Waals surface area contributed by atoms with Crippen LogP contribution in [0.15, 0.2) is 60.8 Å². The van der Waals surface area contributed by atoms with Gasteiger partial charge in [-0.05, 0) is 52.9 Å². The second-order valence-electron chi connectivity index (χ2n) is 7.94. The molecule has 0 saturated carbocycles. The Bertz CT molecular complexity index is 1270. The van der Waals surface area contributed by atoms with Crippen LogP contribution in [0.1, 0.15) is 29.5 Å². The molecule has 6 heteroatoms. The topological polar surface area (TPSA) is 59.2 Å². The number of carbonyl (C=O) groups is 1. The third kappa shape index (κ3) is 4.03. The number of nitrogen functional groups attached to an aromatic ring is 1. The Balaban J connectivity index is 1.41. The fraction of sp³-hybridized carbons (Fsp3) is 0.200. The van der Waals surface area contributed by atoms with E-state index in [9.17, 15) is 9.18 Å². The number of pyridine rings is 1. The molecule has 0 bridgehead atoms. The average molecular weight is 432 g/mol. The average Bonchev–Trinajstić information content (AvgIpc) is 3.37. The molecule has 2 N–H and O–H groups in total. The number of likely N-dealkylation sites (tertiary alicyclic amines) is 1. The third-order valence-corrected chi connectivity index (χ3v) is 6.98. The van der Waals surface area contributed by atoms with E-state index in [-0.39, 0.29) is 11.7 Å². The number of anilines is 1. The number of carbonyl (C=O) groups excluding carboxylic acids is 1. The molecule has 0 radical (unpaired) electrons. The highest BCUT2D eigenvalue weighted by Crippen LogP contribution is 2.35. The van der Waals surface area contributed by atoms with E-state index in [1.54, 1.807) is 29.7 Å². The highest BCUT2D eigenvalue weighted by molar-refractivity contribution is 7.22. The van der Waals surface area contributed by atoms with Crippen molar-refractivity contribution in [1.29, 1.82) is 0 Å². The van der Waals surface area contributed by atoms with Crippen LogP contribution in [0.4, 0.5) is 10.1 Å². The van der Waals surface area contributed by atoms with Gasteiger partial charge in [0.15, 0.2) is 0 Å². The van der Waals surface area contributed by atoms with Crippen LogP contribution in [-0.2, 0) is 17.8 Å². The summed E-state index contributed by atoms with van der Waals surface area (Å²) in [6.07, 6.45) is 3.89. The molecule has 1 aliphatic rings. The highest BCUT2D eigenvalue weighted by atomic mass is 32.1. The Labute approximate surface area is 184 Å².